The Kier molecular flexibility index (Phi) is 6.06. The molecule has 3 rings (SSSR count). The molecule has 0 saturated carbocycles. The molecule has 144 valence electrons. The molecule has 0 radical (unpaired) electrons. The van der Waals surface area contributed by atoms with E-state index in [0.29, 0.717) is 5.75 Å². The summed E-state index contributed by atoms with van der Waals surface area (Å²) in [4.78, 5) is 24.9. The highest BCUT2D eigenvalue weighted by Crippen LogP contribution is 2.23. The van der Waals surface area contributed by atoms with Gasteiger partial charge in [0.25, 0.3) is 5.91 Å². The summed E-state index contributed by atoms with van der Waals surface area (Å²) in [5.41, 5.74) is 0.758. The van der Waals surface area contributed by atoms with Crippen LogP contribution in [-0.2, 0) is 16.1 Å². The van der Waals surface area contributed by atoms with Crippen LogP contribution >= 0.6 is 0 Å². The van der Waals surface area contributed by atoms with Gasteiger partial charge in [0.05, 0.1) is 13.4 Å². The summed E-state index contributed by atoms with van der Waals surface area (Å²) < 4.78 is 29.5. The Bertz CT molecular complexity index is 938. The summed E-state index contributed by atoms with van der Waals surface area (Å²) in [5.74, 6) is -1.56. The zero-order valence-electron chi connectivity index (χ0n) is 15.1. The van der Waals surface area contributed by atoms with Gasteiger partial charge < -0.3 is 19.2 Å². The maximum atomic E-state index is 14.2. The van der Waals surface area contributed by atoms with Gasteiger partial charge in [0.1, 0.15) is 11.6 Å². The van der Waals surface area contributed by atoms with Crippen LogP contribution < -0.4 is 10.1 Å². The van der Waals surface area contributed by atoms with Gasteiger partial charge in [-0.25, -0.2) is 9.18 Å². The molecule has 3 aromatic rings. The molecule has 6 nitrogen and oxygen atoms in total. The summed E-state index contributed by atoms with van der Waals surface area (Å²) in [6.45, 7) is 0.173. The van der Waals surface area contributed by atoms with Crippen molar-refractivity contribution in [1.82, 2.24) is 5.32 Å². The number of esters is 1. The molecule has 0 saturated heterocycles. The molecular formula is C21H18FNO5. The van der Waals surface area contributed by atoms with Crippen LogP contribution in [0.5, 0.6) is 5.75 Å². The number of carbonyl (C=O) groups excluding carboxylic acids is 2. The fraction of sp³-hybridized carbons (Fsp3) is 0.143. The van der Waals surface area contributed by atoms with Crippen LogP contribution in [0.2, 0.25) is 0 Å². The normalized spacial score (nSPS) is 11.5. The second-order valence-electron chi connectivity index (χ2n) is 5.85. The van der Waals surface area contributed by atoms with E-state index < -0.39 is 23.8 Å². The minimum Gasteiger partial charge on any atom is -0.497 e. The van der Waals surface area contributed by atoms with E-state index in [4.69, 9.17) is 13.9 Å². The summed E-state index contributed by atoms with van der Waals surface area (Å²) in [6.07, 6.45) is -0.157. The number of hydrogen-bond donors (Lipinski definition) is 1. The highest BCUT2D eigenvalue weighted by atomic mass is 19.1. The molecule has 0 aliphatic carbocycles. The molecule has 1 heterocycles. The Morgan fingerprint density at radius 3 is 2.46 bits per heavy atom. The Labute approximate surface area is 160 Å². The number of hydrogen-bond acceptors (Lipinski definition) is 5. The number of rotatable bonds is 7. The molecule has 1 N–H and O–H groups in total. The standard InChI is InChI=1S/C21H18FNO5/c1-26-15-10-8-14(9-11-15)13-23-20(24)19(16-5-2-3-6-17(16)22)28-21(25)18-7-4-12-27-18/h2-12,19H,13H2,1H3,(H,23,24)/t19-/m1/s1. The topological polar surface area (TPSA) is 77.8 Å². The van der Waals surface area contributed by atoms with Crippen LogP contribution in [0, 0.1) is 5.82 Å². The van der Waals surface area contributed by atoms with Crippen molar-refractivity contribution in [2.24, 2.45) is 0 Å². The maximum Gasteiger partial charge on any atom is 0.375 e. The maximum absolute atomic E-state index is 14.2. The van der Waals surface area contributed by atoms with Crippen LogP contribution in [0.4, 0.5) is 4.39 Å². The number of halogens is 1. The van der Waals surface area contributed by atoms with E-state index in [-0.39, 0.29) is 17.9 Å². The Balaban J connectivity index is 1.76. The van der Waals surface area contributed by atoms with Crippen molar-refractivity contribution < 1.29 is 27.9 Å². The van der Waals surface area contributed by atoms with E-state index in [9.17, 15) is 14.0 Å². The quantitative estimate of drug-likeness (QED) is 0.630. The van der Waals surface area contributed by atoms with E-state index >= 15 is 0 Å². The zero-order valence-corrected chi connectivity index (χ0v) is 15.1. The Hall–Kier alpha value is -3.61. The van der Waals surface area contributed by atoms with Crippen LogP contribution in [0.15, 0.2) is 71.3 Å². The van der Waals surface area contributed by atoms with Crippen LogP contribution in [0.1, 0.15) is 27.8 Å². The fourth-order valence-corrected chi connectivity index (χ4v) is 2.53. The minimum atomic E-state index is -1.46. The lowest BCUT2D eigenvalue weighted by atomic mass is 10.1. The second-order valence-corrected chi connectivity index (χ2v) is 5.85. The number of amides is 1. The van der Waals surface area contributed by atoms with E-state index in [1.165, 1.54) is 36.6 Å². The predicted molar refractivity (Wildman–Crippen MR) is 98.1 cm³/mol. The first-order valence-electron chi connectivity index (χ1n) is 8.48. The molecule has 0 fully saturated rings. The summed E-state index contributed by atoms with van der Waals surface area (Å²) in [5, 5.41) is 2.66. The van der Waals surface area contributed by atoms with Gasteiger partial charge in [-0.3, -0.25) is 4.79 Å². The lowest BCUT2D eigenvalue weighted by Gasteiger charge is -2.18. The van der Waals surface area contributed by atoms with Crippen molar-refractivity contribution in [2.75, 3.05) is 7.11 Å². The largest absolute Gasteiger partial charge is 0.497 e. The fourth-order valence-electron chi connectivity index (χ4n) is 2.53. The Morgan fingerprint density at radius 1 is 1.07 bits per heavy atom. The molecule has 0 spiro atoms. The minimum absolute atomic E-state index is 0.0466. The van der Waals surface area contributed by atoms with Crippen LogP contribution in [0.3, 0.4) is 0 Å². The van der Waals surface area contributed by atoms with Crippen molar-refractivity contribution in [1.29, 1.82) is 0 Å². The monoisotopic (exact) mass is 383 g/mol. The lowest BCUT2D eigenvalue weighted by Crippen LogP contribution is -2.32. The number of ether oxygens (including phenoxy) is 2. The van der Waals surface area contributed by atoms with Gasteiger partial charge in [-0.05, 0) is 35.9 Å². The van der Waals surface area contributed by atoms with Gasteiger partial charge in [-0.15, -0.1) is 0 Å². The van der Waals surface area contributed by atoms with Crippen molar-refractivity contribution in [2.45, 2.75) is 12.6 Å². The number of methoxy groups -OCH3 is 1. The van der Waals surface area contributed by atoms with E-state index in [0.717, 1.165) is 5.56 Å². The molecular weight excluding hydrogens is 365 g/mol. The third kappa shape index (κ3) is 4.56. The summed E-state index contributed by atoms with van der Waals surface area (Å²) in [6, 6.07) is 15.6. The first kappa shape index (κ1) is 19.2. The molecule has 28 heavy (non-hydrogen) atoms. The van der Waals surface area contributed by atoms with Crippen molar-refractivity contribution in [3.05, 3.63) is 89.6 Å². The highest BCUT2D eigenvalue weighted by molar-refractivity contribution is 5.90. The zero-order chi connectivity index (χ0) is 19.9. The van der Waals surface area contributed by atoms with E-state index in [2.05, 4.69) is 5.32 Å². The number of benzene rings is 2. The predicted octanol–water partition coefficient (Wildman–Crippen LogP) is 3.64. The van der Waals surface area contributed by atoms with Gasteiger partial charge in [0.15, 0.2) is 0 Å². The second kappa shape index (κ2) is 8.85. The summed E-state index contributed by atoms with van der Waals surface area (Å²) in [7, 11) is 1.56. The van der Waals surface area contributed by atoms with Crippen molar-refractivity contribution >= 4 is 11.9 Å². The Morgan fingerprint density at radius 2 is 1.82 bits per heavy atom. The number of nitrogens with one attached hydrogen (secondary N) is 1. The molecule has 1 aromatic heterocycles. The molecule has 2 aromatic carbocycles. The lowest BCUT2D eigenvalue weighted by molar-refractivity contribution is -0.130. The van der Waals surface area contributed by atoms with Gasteiger partial charge in [-0.1, -0.05) is 30.3 Å². The van der Waals surface area contributed by atoms with Crippen LogP contribution in [0.25, 0.3) is 0 Å². The van der Waals surface area contributed by atoms with Gasteiger partial charge >= 0.3 is 5.97 Å². The molecule has 1 amide bonds. The average Bonchev–Trinajstić information content (AvgIpc) is 3.26. The first-order valence-corrected chi connectivity index (χ1v) is 8.48. The molecule has 0 aliphatic rings. The molecule has 0 aliphatic heterocycles. The van der Waals surface area contributed by atoms with E-state index in [1.807, 2.05) is 0 Å². The van der Waals surface area contributed by atoms with E-state index in [1.54, 1.807) is 37.4 Å². The van der Waals surface area contributed by atoms with Crippen molar-refractivity contribution in [3.63, 3.8) is 0 Å². The van der Waals surface area contributed by atoms with Crippen molar-refractivity contribution in [3.8, 4) is 5.75 Å². The van der Waals surface area contributed by atoms with Gasteiger partial charge in [0, 0.05) is 12.1 Å². The highest BCUT2D eigenvalue weighted by Gasteiger charge is 2.28. The molecule has 7 heteroatoms. The molecule has 0 unspecified atom stereocenters. The van der Waals surface area contributed by atoms with Gasteiger partial charge in [0.2, 0.25) is 11.9 Å². The first-order chi connectivity index (χ1) is 13.6. The molecule has 0 bridgehead atoms. The molecule has 1 atom stereocenters. The SMILES string of the molecule is COc1ccc(CNC(=O)[C@H](OC(=O)c2ccco2)c2ccccc2F)cc1. The van der Waals surface area contributed by atoms with Crippen LogP contribution in [-0.4, -0.2) is 19.0 Å². The summed E-state index contributed by atoms with van der Waals surface area (Å²) >= 11 is 0. The third-order valence-corrected chi connectivity index (χ3v) is 4.00. The van der Waals surface area contributed by atoms with Gasteiger partial charge in [-0.2, -0.15) is 0 Å². The average molecular weight is 383 g/mol. The third-order valence-electron chi connectivity index (χ3n) is 4.00. The number of furan rings is 1. The smallest absolute Gasteiger partial charge is 0.375 e. The number of carbonyl (C=O) groups is 2.